The number of nitrogens with one attached hydrogen (secondary N) is 1. The molecule has 5 nitrogen and oxygen atoms in total. The molecule has 1 N–H and O–H groups in total. The molecule has 0 bridgehead atoms. The van der Waals surface area contributed by atoms with Crippen LogP contribution < -0.4 is 5.32 Å². The van der Waals surface area contributed by atoms with Gasteiger partial charge < -0.3 is 15.0 Å². The zero-order chi connectivity index (χ0) is 13.8. The molecule has 0 aromatic rings. The molecular weight excluding hydrogens is 244 g/mol. The predicted octanol–water partition coefficient (Wildman–Crippen LogP) is 1.07. The Balaban J connectivity index is 1.99. The topological polar surface area (TPSA) is 58.6 Å². The molecule has 5 heteroatoms. The van der Waals surface area contributed by atoms with Crippen molar-refractivity contribution in [1.82, 2.24) is 10.2 Å². The van der Waals surface area contributed by atoms with E-state index in [1.807, 2.05) is 13.8 Å². The molecule has 0 saturated carbocycles. The average Bonchev–Trinajstić information content (AvgIpc) is 2.92. The van der Waals surface area contributed by atoms with Crippen LogP contribution in [0.15, 0.2) is 0 Å². The van der Waals surface area contributed by atoms with Crippen molar-refractivity contribution in [3.63, 3.8) is 0 Å². The highest BCUT2D eigenvalue weighted by Gasteiger charge is 2.38. The Labute approximate surface area is 114 Å². The fourth-order valence-corrected chi connectivity index (χ4v) is 2.93. The van der Waals surface area contributed by atoms with E-state index in [1.165, 1.54) is 0 Å². The summed E-state index contributed by atoms with van der Waals surface area (Å²) in [6.07, 6.45) is 4.59. The van der Waals surface area contributed by atoms with Gasteiger partial charge in [-0.25, -0.2) is 0 Å². The Morgan fingerprint density at radius 1 is 1.32 bits per heavy atom. The highest BCUT2D eigenvalue weighted by Crippen LogP contribution is 2.19. The van der Waals surface area contributed by atoms with Crippen LogP contribution in [0.5, 0.6) is 0 Å². The van der Waals surface area contributed by atoms with E-state index in [0.717, 1.165) is 25.9 Å². The van der Waals surface area contributed by atoms with Gasteiger partial charge in [0.15, 0.2) is 0 Å². The number of ether oxygens (including phenoxy) is 1. The highest BCUT2D eigenvalue weighted by atomic mass is 16.5. The summed E-state index contributed by atoms with van der Waals surface area (Å²) in [7, 11) is 0. The Morgan fingerprint density at radius 2 is 2.11 bits per heavy atom. The fourth-order valence-electron chi connectivity index (χ4n) is 2.93. The molecule has 0 aromatic heterocycles. The SMILES string of the molecule is CCC1NC(=O)C(CC)N(CCC2CCCO2)C1=O. The van der Waals surface area contributed by atoms with Crippen LogP contribution in [0, 0.1) is 0 Å². The van der Waals surface area contributed by atoms with Crippen molar-refractivity contribution in [2.45, 2.75) is 64.1 Å². The molecule has 3 unspecified atom stereocenters. The van der Waals surface area contributed by atoms with Crippen LogP contribution in [0.25, 0.3) is 0 Å². The monoisotopic (exact) mass is 268 g/mol. The molecule has 2 amide bonds. The van der Waals surface area contributed by atoms with Crippen LogP contribution in [0.4, 0.5) is 0 Å². The van der Waals surface area contributed by atoms with Crippen LogP contribution in [-0.4, -0.2) is 48.1 Å². The average molecular weight is 268 g/mol. The van der Waals surface area contributed by atoms with Crippen molar-refractivity contribution >= 4 is 11.8 Å². The summed E-state index contributed by atoms with van der Waals surface area (Å²) in [4.78, 5) is 26.1. The number of hydrogen-bond acceptors (Lipinski definition) is 3. The van der Waals surface area contributed by atoms with Crippen molar-refractivity contribution < 1.29 is 14.3 Å². The second-order valence-electron chi connectivity index (χ2n) is 5.35. The van der Waals surface area contributed by atoms with E-state index in [0.29, 0.717) is 19.4 Å². The minimum atomic E-state index is -0.347. The quantitative estimate of drug-likeness (QED) is 0.811. The van der Waals surface area contributed by atoms with Gasteiger partial charge in [0, 0.05) is 13.2 Å². The Kier molecular flexibility index (Phi) is 4.80. The van der Waals surface area contributed by atoms with Gasteiger partial charge in [-0.2, -0.15) is 0 Å². The number of amides is 2. The van der Waals surface area contributed by atoms with Gasteiger partial charge in [-0.05, 0) is 32.1 Å². The lowest BCUT2D eigenvalue weighted by Crippen LogP contribution is -2.63. The summed E-state index contributed by atoms with van der Waals surface area (Å²) >= 11 is 0. The maximum Gasteiger partial charge on any atom is 0.245 e. The van der Waals surface area contributed by atoms with Crippen LogP contribution in [0.2, 0.25) is 0 Å². The van der Waals surface area contributed by atoms with Crippen molar-refractivity contribution in [2.24, 2.45) is 0 Å². The normalized spacial score (nSPS) is 31.7. The summed E-state index contributed by atoms with van der Waals surface area (Å²) in [5.74, 6) is 0.0493. The molecule has 2 aliphatic rings. The molecule has 108 valence electrons. The zero-order valence-corrected chi connectivity index (χ0v) is 11.9. The fraction of sp³-hybridized carbons (Fsp3) is 0.857. The van der Waals surface area contributed by atoms with Crippen molar-refractivity contribution in [3.05, 3.63) is 0 Å². The molecule has 2 heterocycles. The maximum atomic E-state index is 12.3. The second kappa shape index (κ2) is 6.37. The van der Waals surface area contributed by atoms with Gasteiger partial charge >= 0.3 is 0 Å². The minimum absolute atomic E-state index is 0.0127. The Morgan fingerprint density at radius 3 is 2.68 bits per heavy atom. The lowest BCUT2D eigenvalue weighted by molar-refractivity contribution is -0.150. The van der Waals surface area contributed by atoms with Gasteiger partial charge in [0.05, 0.1) is 6.10 Å². The summed E-state index contributed by atoms with van der Waals surface area (Å²) < 4.78 is 5.59. The molecule has 3 atom stereocenters. The number of nitrogens with zero attached hydrogens (tertiary/aromatic N) is 1. The number of carbonyl (C=O) groups excluding carboxylic acids is 2. The van der Waals surface area contributed by atoms with Gasteiger partial charge in [-0.15, -0.1) is 0 Å². The molecule has 0 spiro atoms. The number of rotatable bonds is 5. The number of carbonyl (C=O) groups is 2. The molecule has 2 aliphatic heterocycles. The first kappa shape index (κ1) is 14.3. The van der Waals surface area contributed by atoms with E-state index in [-0.39, 0.29) is 30.0 Å². The zero-order valence-electron chi connectivity index (χ0n) is 11.9. The van der Waals surface area contributed by atoms with E-state index >= 15 is 0 Å². The third-order valence-electron chi connectivity index (χ3n) is 4.09. The summed E-state index contributed by atoms with van der Waals surface area (Å²) in [6.45, 7) is 5.33. The molecular formula is C14H24N2O3. The highest BCUT2D eigenvalue weighted by molar-refractivity contribution is 5.96. The largest absolute Gasteiger partial charge is 0.378 e. The van der Waals surface area contributed by atoms with Crippen LogP contribution >= 0.6 is 0 Å². The first-order chi connectivity index (χ1) is 9.17. The third kappa shape index (κ3) is 3.08. The van der Waals surface area contributed by atoms with Crippen LogP contribution in [-0.2, 0) is 14.3 Å². The standard InChI is InChI=1S/C14H24N2O3/c1-3-11-14(18)16(12(4-2)13(17)15-11)8-7-10-6-5-9-19-10/h10-12H,3-9H2,1-2H3,(H,15,17). The van der Waals surface area contributed by atoms with Gasteiger partial charge in [-0.3, -0.25) is 9.59 Å². The molecule has 0 radical (unpaired) electrons. The van der Waals surface area contributed by atoms with E-state index < -0.39 is 0 Å². The van der Waals surface area contributed by atoms with Crippen molar-refractivity contribution in [2.75, 3.05) is 13.2 Å². The molecule has 19 heavy (non-hydrogen) atoms. The first-order valence-corrected chi connectivity index (χ1v) is 7.39. The number of hydrogen-bond donors (Lipinski definition) is 1. The Bertz CT molecular complexity index is 340. The molecule has 0 aliphatic carbocycles. The van der Waals surface area contributed by atoms with Gasteiger partial charge in [-0.1, -0.05) is 13.8 Å². The minimum Gasteiger partial charge on any atom is -0.378 e. The summed E-state index contributed by atoms with van der Waals surface area (Å²) in [5.41, 5.74) is 0. The Hall–Kier alpha value is -1.10. The van der Waals surface area contributed by atoms with Gasteiger partial charge in [0.2, 0.25) is 11.8 Å². The first-order valence-electron chi connectivity index (χ1n) is 7.39. The van der Waals surface area contributed by atoms with Crippen molar-refractivity contribution in [3.8, 4) is 0 Å². The summed E-state index contributed by atoms with van der Waals surface area (Å²) in [6, 6.07) is -0.656. The molecule has 0 aromatic carbocycles. The van der Waals surface area contributed by atoms with Crippen LogP contribution in [0.3, 0.4) is 0 Å². The van der Waals surface area contributed by atoms with E-state index in [1.54, 1.807) is 4.90 Å². The smallest absolute Gasteiger partial charge is 0.245 e. The molecule has 2 saturated heterocycles. The summed E-state index contributed by atoms with van der Waals surface area (Å²) in [5, 5.41) is 2.81. The molecule has 2 rings (SSSR count). The lowest BCUT2D eigenvalue weighted by Gasteiger charge is -2.38. The van der Waals surface area contributed by atoms with E-state index in [2.05, 4.69) is 5.32 Å². The van der Waals surface area contributed by atoms with E-state index in [9.17, 15) is 9.59 Å². The third-order valence-corrected chi connectivity index (χ3v) is 4.09. The van der Waals surface area contributed by atoms with E-state index in [4.69, 9.17) is 4.74 Å². The second-order valence-corrected chi connectivity index (χ2v) is 5.35. The van der Waals surface area contributed by atoms with Crippen molar-refractivity contribution in [1.29, 1.82) is 0 Å². The van der Waals surface area contributed by atoms with Crippen LogP contribution in [0.1, 0.15) is 46.0 Å². The van der Waals surface area contributed by atoms with Gasteiger partial charge in [0.25, 0.3) is 0 Å². The van der Waals surface area contributed by atoms with Gasteiger partial charge in [0.1, 0.15) is 12.1 Å². The number of piperazine rings is 1. The molecule has 2 fully saturated rings. The maximum absolute atomic E-state index is 12.3. The lowest BCUT2D eigenvalue weighted by atomic mass is 10.0. The predicted molar refractivity (Wildman–Crippen MR) is 71.6 cm³/mol.